The zero-order chi connectivity index (χ0) is 18.0. The van der Waals surface area contributed by atoms with Crippen LogP contribution in [-0.2, 0) is 12.4 Å². The van der Waals surface area contributed by atoms with Crippen molar-refractivity contribution < 1.29 is 46.5 Å². The average molecular weight is 380 g/mol. The number of rotatable bonds is 1. The molecule has 0 spiro atoms. The highest BCUT2D eigenvalue weighted by atomic mass is 32.1. The van der Waals surface area contributed by atoms with Gasteiger partial charge < -0.3 is 15.3 Å². The van der Waals surface area contributed by atoms with Crippen LogP contribution in [0.2, 0.25) is 0 Å². The Morgan fingerprint density at radius 2 is 1.48 bits per heavy atom. The fraction of sp³-hybridized carbons (Fsp3) is 0.182. The fourth-order valence-electron chi connectivity index (χ4n) is 1.15. The van der Waals surface area contributed by atoms with Crippen molar-refractivity contribution in [1.29, 1.82) is 0 Å². The molecule has 4 nitrogen and oxygen atoms in total. The average Bonchev–Trinajstić information content (AvgIpc) is 2.94. The molecule has 2 heterocycles. The van der Waals surface area contributed by atoms with Gasteiger partial charge in [-0.25, -0.2) is 4.79 Å². The largest absolute Gasteiger partial charge is 0.507 e. The van der Waals surface area contributed by atoms with Crippen LogP contribution in [0.4, 0.5) is 26.3 Å². The molecule has 3 N–H and O–H groups in total. The maximum atomic E-state index is 12.0. The first kappa shape index (κ1) is 19.1. The van der Waals surface area contributed by atoms with Gasteiger partial charge in [-0.05, 0) is 0 Å². The standard InChI is InChI=1S/C6H3F3O3S.C5H3F3OS/c7-6(8,9)3-1-2(10)4(13-3)5(11)12;6-5(7,8)4-1-3(9)2-10-4/h1,10H,(H,11,12);1-2,9H. The third-order valence-electron chi connectivity index (χ3n) is 2.05. The predicted molar refractivity (Wildman–Crippen MR) is 68.9 cm³/mol. The Morgan fingerprint density at radius 3 is 1.70 bits per heavy atom. The van der Waals surface area contributed by atoms with E-state index in [1.54, 1.807) is 0 Å². The highest BCUT2D eigenvalue weighted by molar-refractivity contribution is 7.14. The molecule has 0 unspecified atom stereocenters. The van der Waals surface area contributed by atoms with Gasteiger partial charge >= 0.3 is 18.3 Å². The summed E-state index contributed by atoms with van der Waals surface area (Å²) < 4.78 is 71.0. The molecule has 0 bridgehead atoms. The summed E-state index contributed by atoms with van der Waals surface area (Å²) >= 11 is 0.481. The molecule has 2 aromatic rings. The molecule has 2 rings (SSSR count). The van der Waals surface area contributed by atoms with Crippen LogP contribution < -0.4 is 0 Å². The van der Waals surface area contributed by atoms with Crippen LogP contribution >= 0.6 is 22.7 Å². The number of alkyl halides is 6. The molecule has 0 aliphatic carbocycles. The van der Waals surface area contributed by atoms with E-state index in [-0.39, 0.29) is 17.1 Å². The smallest absolute Gasteiger partial charge is 0.425 e. The lowest BCUT2D eigenvalue weighted by molar-refractivity contribution is -0.135. The third-order valence-corrected chi connectivity index (χ3v) is 4.17. The number of hydrogen-bond donors (Lipinski definition) is 3. The van der Waals surface area contributed by atoms with Crippen LogP contribution in [0, 0.1) is 0 Å². The Morgan fingerprint density at radius 1 is 0.957 bits per heavy atom. The van der Waals surface area contributed by atoms with Gasteiger partial charge in [-0.3, -0.25) is 0 Å². The van der Waals surface area contributed by atoms with E-state index < -0.39 is 38.7 Å². The lowest BCUT2D eigenvalue weighted by Gasteiger charge is -1.99. The molecule has 23 heavy (non-hydrogen) atoms. The van der Waals surface area contributed by atoms with Crippen LogP contribution in [0.15, 0.2) is 17.5 Å². The van der Waals surface area contributed by atoms with Crippen LogP contribution in [0.1, 0.15) is 19.4 Å². The van der Waals surface area contributed by atoms with Crippen molar-refractivity contribution in [3.63, 3.8) is 0 Å². The van der Waals surface area contributed by atoms with Crippen LogP contribution in [0.5, 0.6) is 11.5 Å². The van der Waals surface area contributed by atoms with Crippen molar-refractivity contribution in [3.8, 4) is 11.5 Å². The van der Waals surface area contributed by atoms with Crippen molar-refractivity contribution in [2.45, 2.75) is 12.4 Å². The number of carboxylic acids is 1. The molecular weight excluding hydrogens is 374 g/mol. The van der Waals surface area contributed by atoms with Crippen molar-refractivity contribution in [1.82, 2.24) is 0 Å². The molecule has 0 saturated carbocycles. The van der Waals surface area contributed by atoms with Gasteiger partial charge in [0.2, 0.25) is 0 Å². The van der Waals surface area contributed by atoms with E-state index in [1.807, 2.05) is 0 Å². The zero-order valence-electron chi connectivity index (χ0n) is 10.6. The molecule has 0 saturated heterocycles. The minimum absolute atomic E-state index is 0.000000000000000444. The second-order valence-electron chi connectivity index (χ2n) is 3.79. The van der Waals surface area contributed by atoms with Crippen LogP contribution in [0.25, 0.3) is 0 Å². The summed E-state index contributed by atoms with van der Waals surface area (Å²) in [6, 6.07) is 1.10. The van der Waals surface area contributed by atoms with Gasteiger partial charge in [0.25, 0.3) is 0 Å². The number of thiophene rings is 2. The fourth-order valence-corrected chi connectivity index (χ4v) is 2.54. The normalized spacial score (nSPS) is 11.7. The van der Waals surface area contributed by atoms with Gasteiger partial charge in [-0.1, -0.05) is 0 Å². The lowest BCUT2D eigenvalue weighted by atomic mass is 10.4. The number of carbonyl (C=O) groups is 1. The van der Waals surface area contributed by atoms with E-state index in [0.717, 1.165) is 5.38 Å². The Labute approximate surface area is 131 Å². The SMILES string of the molecule is O=C(O)c1sc(C(F)(F)F)cc1O.Oc1csc(C(F)(F)F)c1. The highest BCUT2D eigenvalue weighted by Gasteiger charge is 2.35. The summed E-state index contributed by atoms with van der Waals surface area (Å²) in [7, 11) is 0. The Balaban J connectivity index is 0.000000238. The molecule has 0 aromatic carbocycles. The Kier molecular flexibility index (Phi) is 5.53. The van der Waals surface area contributed by atoms with Gasteiger partial charge in [0, 0.05) is 17.5 Å². The first-order valence-electron chi connectivity index (χ1n) is 5.30. The predicted octanol–water partition coefficient (Wildman–Crippen LogP) is 4.64. The van der Waals surface area contributed by atoms with Crippen molar-refractivity contribution >= 4 is 28.6 Å². The van der Waals surface area contributed by atoms with Crippen molar-refractivity contribution in [3.05, 3.63) is 32.1 Å². The lowest BCUT2D eigenvalue weighted by Crippen LogP contribution is -2.00. The topological polar surface area (TPSA) is 77.8 Å². The van der Waals surface area contributed by atoms with Gasteiger partial charge in [-0.2, -0.15) is 26.3 Å². The number of aromatic hydroxyl groups is 2. The van der Waals surface area contributed by atoms with Gasteiger partial charge in [-0.15, -0.1) is 22.7 Å². The van der Waals surface area contributed by atoms with Crippen LogP contribution in [0.3, 0.4) is 0 Å². The Hall–Kier alpha value is -1.95. The molecule has 0 radical (unpaired) electrons. The second kappa shape index (κ2) is 6.66. The minimum atomic E-state index is -4.62. The van der Waals surface area contributed by atoms with Crippen molar-refractivity contribution in [2.75, 3.05) is 0 Å². The quantitative estimate of drug-likeness (QED) is 0.630. The molecule has 0 aliphatic rings. The molecule has 2 aromatic heterocycles. The van der Waals surface area contributed by atoms with Crippen molar-refractivity contribution in [2.24, 2.45) is 0 Å². The van der Waals surface area contributed by atoms with Gasteiger partial charge in [0.05, 0.1) is 0 Å². The summed E-state index contributed by atoms with van der Waals surface area (Å²) in [6.07, 6.45) is -8.94. The maximum absolute atomic E-state index is 12.0. The zero-order valence-corrected chi connectivity index (χ0v) is 12.2. The van der Waals surface area contributed by atoms with Gasteiger partial charge in [0.1, 0.15) is 21.3 Å². The highest BCUT2D eigenvalue weighted by Crippen LogP contribution is 2.39. The molecule has 0 amide bonds. The van der Waals surface area contributed by atoms with E-state index in [0.29, 0.717) is 23.5 Å². The number of hydrogen-bond acceptors (Lipinski definition) is 5. The van der Waals surface area contributed by atoms with Gasteiger partial charge in [0.15, 0.2) is 4.88 Å². The summed E-state index contributed by atoms with van der Waals surface area (Å²) in [5.74, 6) is -2.76. The van der Waals surface area contributed by atoms with E-state index in [1.165, 1.54) is 0 Å². The summed E-state index contributed by atoms with van der Waals surface area (Å²) in [5, 5.41) is 26.7. The van der Waals surface area contributed by atoms with E-state index in [4.69, 9.17) is 15.3 Å². The summed E-state index contributed by atoms with van der Waals surface area (Å²) in [4.78, 5) is 7.65. The maximum Gasteiger partial charge on any atom is 0.425 e. The number of aromatic carboxylic acids is 1. The Bertz CT molecular complexity index is 685. The van der Waals surface area contributed by atoms with E-state index >= 15 is 0 Å². The second-order valence-corrected chi connectivity index (χ2v) is 5.76. The van der Waals surface area contributed by atoms with E-state index in [9.17, 15) is 31.1 Å². The first-order chi connectivity index (χ1) is 10.3. The molecule has 0 fully saturated rings. The monoisotopic (exact) mass is 380 g/mol. The van der Waals surface area contributed by atoms with Crippen LogP contribution in [-0.4, -0.2) is 21.3 Å². The minimum Gasteiger partial charge on any atom is -0.507 e. The summed E-state index contributed by atoms with van der Waals surface area (Å²) in [6.45, 7) is 0. The number of halogens is 6. The number of carboxylic acid groups (broad SMARTS) is 1. The molecule has 0 atom stereocenters. The summed E-state index contributed by atoms with van der Waals surface area (Å²) in [5.41, 5.74) is 0. The first-order valence-corrected chi connectivity index (χ1v) is 7.00. The molecular formula is C11H6F6O4S2. The molecule has 128 valence electrons. The molecule has 0 aliphatic heterocycles. The van der Waals surface area contributed by atoms with E-state index in [2.05, 4.69) is 0 Å². The molecule has 12 heteroatoms. The third kappa shape index (κ3) is 5.32.